The van der Waals surface area contributed by atoms with Gasteiger partial charge in [0, 0.05) is 11.8 Å². The van der Waals surface area contributed by atoms with Crippen molar-refractivity contribution in [1.29, 1.82) is 0 Å². The number of carbonyl (C=O) groups is 1. The number of methoxy groups -OCH3 is 1. The first-order valence-electron chi connectivity index (χ1n) is 6.59. The first-order chi connectivity index (χ1) is 10.9. The minimum Gasteiger partial charge on any atom is -0.495 e. The van der Waals surface area contributed by atoms with Gasteiger partial charge in [-0.3, -0.25) is 4.72 Å². The Morgan fingerprint density at radius 3 is 2.48 bits per heavy atom. The van der Waals surface area contributed by atoms with Gasteiger partial charge in [-0.25, -0.2) is 13.2 Å². The number of anilines is 1. The number of para-hydroxylation sites is 1. The fourth-order valence-electron chi connectivity index (χ4n) is 1.89. The molecule has 0 spiro atoms. The fourth-order valence-corrected chi connectivity index (χ4v) is 3.15. The molecule has 0 aliphatic heterocycles. The van der Waals surface area contributed by atoms with Crippen LogP contribution in [0.2, 0.25) is 0 Å². The lowest BCUT2D eigenvalue weighted by Gasteiger charge is -2.12. The van der Waals surface area contributed by atoms with Gasteiger partial charge in [0.2, 0.25) is 0 Å². The predicted molar refractivity (Wildman–Crippen MR) is 86.9 cm³/mol. The standard InChI is InChI=1S/C16H15NO5S/c1-22-14-9-7-12(8-10-16(18)19)11-15(14)23(20,21)17-13-5-3-2-4-6-13/h2-11,17H,1H3,(H,18,19)/b10-8-. The molecule has 2 N–H and O–H groups in total. The summed E-state index contributed by atoms with van der Waals surface area (Å²) in [6.45, 7) is 0. The Hall–Kier alpha value is -2.80. The average molecular weight is 333 g/mol. The van der Waals surface area contributed by atoms with Crippen LogP contribution < -0.4 is 9.46 Å². The maximum atomic E-state index is 12.5. The van der Waals surface area contributed by atoms with E-state index in [1.165, 1.54) is 25.3 Å². The number of carboxylic acid groups (broad SMARTS) is 1. The molecule has 23 heavy (non-hydrogen) atoms. The summed E-state index contributed by atoms with van der Waals surface area (Å²) in [6, 6.07) is 12.8. The Balaban J connectivity index is 2.42. The zero-order valence-corrected chi connectivity index (χ0v) is 13.1. The third-order valence-corrected chi connectivity index (χ3v) is 4.32. The zero-order valence-electron chi connectivity index (χ0n) is 12.3. The van der Waals surface area contributed by atoms with Crippen molar-refractivity contribution < 1.29 is 23.1 Å². The molecule has 0 heterocycles. The van der Waals surface area contributed by atoms with Gasteiger partial charge in [0.25, 0.3) is 10.0 Å². The van der Waals surface area contributed by atoms with Gasteiger partial charge < -0.3 is 9.84 Å². The van der Waals surface area contributed by atoms with E-state index in [0.29, 0.717) is 11.3 Å². The summed E-state index contributed by atoms with van der Waals surface area (Å²) in [4.78, 5) is 10.5. The van der Waals surface area contributed by atoms with Crippen molar-refractivity contribution in [3.8, 4) is 5.75 Å². The van der Waals surface area contributed by atoms with Gasteiger partial charge in [0.1, 0.15) is 10.6 Å². The third-order valence-electron chi connectivity index (χ3n) is 2.92. The highest BCUT2D eigenvalue weighted by Gasteiger charge is 2.20. The molecule has 120 valence electrons. The van der Waals surface area contributed by atoms with E-state index in [4.69, 9.17) is 9.84 Å². The van der Waals surface area contributed by atoms with E-state index >= 15 is 0 Å². The molecule has 0 saturated heterocycles. The van der Waals surface area contributed by atoms with E-state index in [1.807, 2.05) is 0 Å². The number of nitrogens with one attached hydrogen (secondary N) is 1. The van der Waals surface area contributed by atoms with Crippen molar-refractivity contribution in [3.05, 3.63) is 60.2 Å². The van der Waals surface area contributed by atoms with Crippen LogP contribution in [0, 0.1) is 0 Å². The molecule has 0 aromatic heterocycles. The number of benzene rings is 2. The number of sulfonamides is 1. The molecular weight excluding hydrogens is 318 g/mol. The molecule has 7 heteroatoms. The quantitative estimate of drug-likeness (QED) is 0.793. The third kappa shape index (κ3) is 4.33. The minimum atomic E-state index is -3.87. The van der Waals surface area contributed by atoms with E-state index < -0.39 is 16.0 Å². The van der Waals surface area contributed by atoms with Crippen molar-refractivity contribution in [2.24, 2.45) is 0 Å². The van der Waals surface area contributed by atoms with Gasteiger partial charge in [0.15, 0.2) is 0 Å². The second-order valence-electron chi connectivity index (χ2n) is 4.55. The maximum absolute atomic E-state index is 12.5. The highest BCUT2D eigenvalue weighted by molar-refractivity contribution is 7.92. The summed E-state index contributed by atoms with van der Waals surface area (Å²) in [5, 5.41) is 8.66. The van der Waals surface area contributed by atoms with Gasteiger partial charge in [-0.05, 0) is 35.9 Å². The van der Waals surface area contributed by atoms with Crippen molar-refractivity contribution in [2.45, 2.75) is 4.90 Å². The Bertz CT molecular complexity index is 829. The van der Waals surface area contributed by atoms with Crippen molar-refractivity contribution in [2.75, 3.05) is 11.8 Å². The van der Waals surface area contributed by atoms with Crippen LogP contribution in [0.25, 0.3) is 6.08 Å². The van der Waals surface area contributed by atoms with E-state index in [-0.39, 0.29) is 10.6 Å². The van der Waals surface area contributed by atoms with Crippen molar-refractivity contribution >= 4 is 27.8 Å². The SMILES string of the molecule is COc1ccc(/C=C\C(=O)O)cc1S(=O)(=O)Nc1ccccc1. The molecule has 0 amide bonds. The lowest BCUT2D eigenvalue weighted by Crippen LogP contribution is -2.14. The number of aliphatic carboxylic acids is 1. The van der Waals surface area contributed by atoms with Crippen LogP contribution in [0.5, 0.6) is 5.75 Å². The number of rotatable bonds is 6. The van der Waals surface area contributed by atoms with Crippen molar-refractivity contribution in [3.63, 3.8) is 0 Å². The van der Waals surface area contributed by atoms with E-state index in [1.54, 1.807) is 36.4 Å². The van der Waals surface area contributed by atoms with Crippen LogP contribution in [-0.2, 0) is 14.8 Å². The first-order valence-corrected chi connectivity index (χ1v) is 8.07. The molecule has 0 fully saturated rings. The smallest absolute Gasteiger partial charge is 0.328 e. The van der Waals surface area contributed by atoms with Crippen LogP contribution in [0.15, 0.2) is 59.5 Å². The molecule has 0 radical (unpaired) electrons. The maximum Gasteiger partial charge on any atom is 0.328 e. The van der Waals surface area contributed by atoms with Crippen LogP contribution in [0.4, 0.5) is 5.69 Å². The second-order valence-corrected chi connectivity index (χ2v) is 6.20. The summed E-state index contributed by atoms with van der Waals surface area (Å²) in [6.07, 6.45) is 2.24. The lowest BCUT2D eigenvalue weighted by molar-refractivity contribution is -0.131. The Morgan fingerprint density at radius 2 is 1.87 bits per heavy atom. The Morgan fingerprint density at radius 1 is 1.17 bits per heavy atom. The van der Waals surface area contributed by atoms with Gasteiger partial charge in [-0.1, -0.05) is 24.3 Å². The molecule has 0 atom stereocenters. The molecule has 0 aliphatic carbocycles. The molecule has 0 aliphatic rings. The monoisotopic (exact) mass is 333 g/mol. The fraction of sp³-hybridized carbons (Fsp3) is 0.0625. The average Bonchev–Trinajstić information content (AvgIpc) is 2.53. The number of carboxylic acids is 1. The highest BCUT2D eigenvalue weighted by atomic mass is 32.2. The van der Waals surface area contributed by atoms with Gasteiger partial charge >= 0.3 is 5.97 Å². The minimum absolute atomic E-state index is 0.0728. The molecule has 0 saturated carbocycles. The Labute approximate surface area is 134 Å². The van der Waals surface area contributed by atoms with Gasteiger partial charge in [-0.2, -0.15) is 0 Å². The predicted octanol–water partition coefficient (Wildman–Crippen LogP) is 2.59. The van der Waals surface area contributed by atoms with Gasteiger partial charge in [0.05, 0.1) is 7.11 Å². The Kier molecular flexibility index (Phi) is 5.02. The number of hydrogen-bond acceptors (Lipinski definition) is 4. The summed E-state index contributed by atoms with van der Waals surface area (Å²) in [5.41, 5.74) is 0.850. The van der Waals surface area contributed by atoms with Crippen LogP contribution >= 0.6 is 0 Å². The largest absolute Gasteiger partial charge is 0.495 e. The first kappa shape index (κ1) is 16.6. The molecular formula is C16H15NO5S. The molecule has 6 nitrogen and oxygen atoms in total. The van der Waals surface area contributed by atoms with Crippen molar-refractivity contribution in [1.82, 2.24) is 0 Å². The highest BCUT2D eigenvalue weighted by Crippen LogP contribution is 2.27. The lowest BCUT2D eigenvalue weighted by atomic mass is 10.2. The zero-order chi connectivity index (χ0) is 16.9. The van der Waals surface area contributed by atoms with Gasteiger partial charge in [-0.15, -0.1) is 0 Å². The molecule has 0 unspecified atom stereocenters. The second kappa shape index (κ2) is 6.97. The van der Waals surface area contributed by atoms with E-state index in [0.717, 1.165) is 6.08 Å². The summed E-state index contributed by atoms with van der Waals surface area (Å²) < 4.78 is 32.6. The number of ether oxygens (including phenoxy) is 1. The molecule has 2 aromatic rings. The summed E-state index contributed by atoms with van der Waals surface area (Å²) >= 11 is 0. The van der Waals surface area contributed by atoms with E-state index in [2.05, 4.69) is 4.72 Å². The molecule has 0 bridgehead atoms. The molecule has 2 aromatic carbocycles. The normalized spacial score (nSPS) is 11.3. The molecule has 2 rings (SSSR count). The van der Waals surface area contributed by atoms with Crippen LogP contribution in [-0.4, -0.2) is 26.6 Å². The number of hydrogen-bond donors (Lipinski definition) is 2. The van der Waals surface area contributed by atoms with E-state index in [9.17, 15) is 13.2 Å². The van der Waals surface area contributed by atoms with Crippen LogP contribution in [0.1, 0.15) is 5.56 Å². The topological polar surface area (TPSA) is 92.7 Å². The van der Waals surface area contributed by atoms with Crippen LogP contribution in [0.3, 0.4) is 0 Å². The summed E-state index contributed by atoms with van der Waals surface area (Å²) in [5.74, 6) is -0.950. The summed E-state index contributed by atoms with van der Waals surface area (Å²) in [7, 11) is -2.51.